The third-order valence-corrected chi connectivity index (χ3v) is 1.30. The molecule has 0 amide bonds. The van der Waals surface area contributed by atoms with E-state index in [2.05, 4.69) is 15.0 Å². The number of aromatic nitrogens is 2. The summed E-state index contributed by atoms with van der Waals surface area (Å²) in [5.41, 5.74) is 6.45. The van der Waals surface area contributed by atoms with Gasteiger partial charge in [-0.15, -0.1) is 0 Å². The van der Waals surface area contributed by atoms with Gasteiger partial charge in [0.05, 0.1) is 12.2 Å². The van der Waals surface area contributed by atoms with E-state index in [4.69, 9.17) is 5.73 Å². The third kappa shape index (κ3) is 2.84. The second-order valence-corrected chi connectivity index (χ2v) is 2.35. The van der Waals surface area contributed by atoms with Crippen LogP contribution in [0.5, 0.6) is 0 Å². The third-order valence-electron chi connectivity index (χ3n) is 1.30. The van der Waals surface area contributed by atoms with Gasteiger partial charge in [0.15, 0.2) is 0 Å². The van der Waals surface area contributed by atoms with Crippen molar-refractivity contribution in [1.29, 1.82) is 0 Å². The van der Waals surface area contributed by atoms with Gasteiger partial charge in [-0.25, -0.2) is 4.98 Å². The Bertz CT molecular complexity index is 221. The quantitative estimate of drug-likeness (QED) is 0.484. The molecule has 0 unspecified atom stereocenters. The van der Waals surface area contributed by atoms with Crippen molar-refractivity contribution < 1.29 is 0 Å². The largest absolute Gasteiger partial charge is 0.388 e. The number of nitrogens with one attached hydrogen (secondary N) is 1. The molecule has 0 fully saturated rings. The first-order chi connectivity index (χ1) is 5.29. The minimum absolute atomic E-state index is 0.629. The van der Waals surface area contributed by atoms with Gasteiger partial charge in [0.1, 0.15) is 0 Å². The first kappa shape index (κ1) is 7.78. The van der Waals surface area contributed by atoms with E-state index < -0.39 is 0 Å². The van der Waals surface area contributed by atoms with Gasteiger partial charge in [0.2, 0.25) is 0 Å². The molecule has 1 rings (SSSR count). The van der Waals surface area contributed by atoms with Gasteiger partial charge in [0, 0.05) is 24.9 Å². The number of imidazole rings is 1. The molecule has 0 saturated heterocycles. The van der Waals surface area contributed by atoms with E-state index in [1.165, 1.54) is 0 Å². The lowest BCUT2D eigenvalue weighted by atomic mass is 10.3. The van der Waals surface area contributed by atoms with Crippen LogP contribution in [0.15, 0.2) is 17.5 Å². The summed E-state index contributed by atoms with van der Waals surface area (Å²) in [5, 5.41) is 0. The molecule has 0 saturated carbocycles. The Morgan fingerprint density at radius 3 is 3.18 bits per heavy atom. The van der Waals surface area contributed by atoms with Crippen LogP contribution in [-0.2, 0) is 6.42 Å². The van der Waals surface area contributed by atoms with Gasteiger partial charge >= 0.3 is 0 Å². The maximum Gasteiger partial charge on any atom is 0.0921 e. The van der Waals surface area contributed by atoms with Crippen LogP contribution in [-0.4, -0.2) is 22.3 Å². The van der Waals surface area contributed by atoms with Gasteiger partial charge < -0.3 is 10.7 Å². The highest BCUT2D eigenvalue weighted by molar-refractivity contribution is 5.77. The normalized spacial score (nSPS) is 11.9. The zero-order valence-electron chi connectivity index (χ0n) is 6.54. The number of amidine groups is 1. The van der Waals surface area contributed by atoms with Crippen LogP contribution in [0.25, 0.3) is 0 Å². The number of aromatic amines is 1. The molecular formula is C7H12N4. The molecule has 0 atom stereocenters. The highest BCUT2D eigenvalue weighted by Crippen LogP contribution is 1.91. The minimum Gasteiger partial charge on any atom is -0.388 e. The van der Waals surface area contributed by atoms with Crippen molar-refractivity contribution in [3.8, 4) is 0 Å². The summed E-state index contributed by atoms with van der Waals surface area (Å²) in [6.07, 6.45) is 4.32. The van der Waals surface area contributed by atoms with Gasteiger partial charge in [0.25, 0.3) is 0 Å². The Morgan fingerprint density at radius 2 is 2.64 bits per heavy atom. The van der Waals surface area contributed by atoms with Crippen molar-refractivity contribution in [2.24, 2.45) is 10.7 Å². The summed E-state index contributed by atoms with van der Waals surface area (Å²) >= 11 is 0. The molecular weight excluding hydrogens is 140 g/mol. The van der Waals surface area contributed by atoms with Crippen molar-refractivity contribution >= 4 is 5.84 Å². The predicted octanol–water partition coefficient (Wildman–Crippen LogP) is 0.329. The first-order valence-corrected chi connectivity index (χ1v) is 3.53. The highest BCUT2D eigenvalue weighted by Gasteiger charge is 1.90. The van der Waals surface area contributed by atoms with Crippen LogP contribution in [0.4, 0.5) is 0 Å². The van der Waals surface area contributed by atoms with Crippen LogP contribution in [0.1, 0.15) is 12.6 Å². The number of nitrogens with zero attached hydrogens (tertiary/aromatic N) is 2. The Morgan fingerprint density at radius 1 is 1.82 bits per heavy atom. The molecule has 4 nitrogen and oxygen atoms in total. The molecule has 0 aliphatic heterocycles. The smallest absolute Gasteiger partial charge is 0.0921 e. The van der Waals surface area contributed by atoms with E-state index >= 15 is 0 Å². The van der Waals surface area contributed by atoms with Crippen molar-refractivity contribution in [2.75, 3.05) is 6.54 Å². The van der Waals surface area contributed by atoms with Gasteiger partial charge in [-0.1, -0.05) is 0 Å². The van der Waals surface area contributed by atoms with E-state index in [-0.39, 0.29) is 0 Å². The monoisotopic (exact) mass is 152 g/mol. The molecule has 3 N–H and O–H groups in total. The Labute approximate surface area is 65.6 Å². The molecule has 0 bridgehead atoms. The SMILES string of the molecule is CC(N)=NCCc1cnc[nH]1. The van der Waals surface area contributed by atoms with Gasteiger partial charge in [-0.2, -0.15) is 0 Å². The number of hydrogen-bond acceptors (Lipinski definition) is 2. The van der Waals surface area contributed by atoms with Crippen molar-refractivity contribution in [2.45, 2.75) is 13.3 Å². The summed E-state index contributed by atoms with van der Waals surface area (Å²) in [6.45, 7) is 2.51. The van der Waals surface area contributed by atoms with E-state index in [1.54, 1.807) is 19.4 Å². The van der Waals surface area contributed by atoms with E-state index in [1.807, 2.05) is 0 Å². The van der Waals surface area contributed by atoms with E-state index in [9.17, 15) is 0 Å². The molecule has 11 heavy (non-hydrogen) atoms. The lowest BCUT2D eigenvalue weighted by Gasteiger charge is -1.92. The van der Waals surface area contributed by atoms with Gasteiger partial charge in [-0.05, 0) is 6.92 Å². The highest BCUT2D eigenvalue weighted by atomic mass is 14.9. The fourth-order valence-corrected chi connectivity index (χ4v) is 0.774. The standard InChI is InChI=1S/C7H12N4/c1-6(8)10-3-2-7-4-9-5-11-7/h4-5H,2-3H2,1H3,(H2,8,10)(H,9,11). The van der Waals surface area contributed by atoms with Crippen LogP contribution in [0, 0.1) is 0 Å². The molecule has 4 heteroatoms. The molecule has 1 aromatic heterocycles. The lowest BCUT2D eigenvalue weighted by Crippen LogP contribution is -2.06. The average molecular weight is 152 g/mol. The molecule has 1 heterocycles. The van der Waals surface area contributed by atoms with Crippen molar-refractivity contribution in [3.05, 3.63) is 18.2 Å². The predicted molar refractivity (Wildman–Crippen MR) is 44.5 cm³/mol. The Hall–Kier alpha value is -1.32. The van der Waals surface area contributed by atoms with E-state index in [0.29, 0.717) is 5.84 Å². The van der Waals surface area contributed by atoms with Crippen molar-refractivity contribution in [1.82, 2.24) is 9.97 Å². The number of rotatable bonds is 3. The summed E-state index contributed by atoms with van der Waals surface area (Å²) in [4.78, 5) is 10.9. The second-order valence-electron chi connectivity index (χ2n) is 2.35. The van der Waals surface area contributed by atoms with Gasteiger partial charge in [-0.3, -0.25) is 4.99 Å². The molecule has 1 aromatic rings. The van der Waals surface area contributed by atoms with Crippen LogP contribution < -0.4 is 5.73 Å². The lowest BCUT2D eigenvalue weighted by molar-refractivity contribution is 0.932. The maximum atomic E-state index is 5.36. The molecule has 0 aromatic carbocycles. The minimum atomic E-state index is 0.629. The number of hydrogen-bond donors (Lipinski definition) is 2. The van der Waals surface area contributed by atoms with Crippen LogP contribution >= 0.6 is 0 Å². The summed E-state index contributed by atoms with van der Waals surface area (Å²) < 4.78 is 0. The molecule has 0 aliphatic carbocycles. The van der Waals surface area contributed by atoms with E-state index in [0.717, 1.165) is 18.7 Å². The number of nitrogens with two attached hydrogens (primary N) is 1. The number of aliphatic imine (C=N–C) groups is 1. The fourth-order valence-electron chi connectivity index (χ4n) is 0.774. The Kier molecular flexibility index (Phi) is 2.66. The zero-order valence-corrected chi connectivity index (χ0v) is 6.54. The second kappa shape index (κ2) is 3.75. The molecule has 60 valence electrons. The average Bonchev–Trinajstić information content (AvgIpc) is 2.39. The van der Waals surface area contributed by atoms with Crippen LogP contribution in [0.3, 0.4) is 0 Å². The first-order valence-electron chi connectivity index (χ1n) is 3.53. The number of H-pyrrole nitrogens is 1. The summed E-state index contributed by atoms with van der Waals surface area (Å²) in [6, 6.07) is 0. The van der Waals surface area contributed by atoms with Crippen molar-refractivity contribution in [3.63, 3.8) is 0 Å². The molecule has 0 radical (unpaired) electrons. The Balaban J connectivity index is 2.30. The zero-order chi connectivity index (χ0) is 8.10. The topological polar surface area (TPSA) is 67.1 Å². The van der Waals surface area contributed by atoms with Crippen LogP contribution in [0.2, 0.25) is 0 Å². The summed E-state index contributed by atoms with van der Waals surface area (Å²) in [5.74, 6) is 0.629. The summed E-state index contributed by atoms with van der Waals surface area (Å²) in [7, 11) is 0. The molecule has 0 aliphatic rings. The maximum absolute atomic E-state index is 5.36. The molecule has 0 spiro atoms. The fraction of sp³-hybridized carbons (Fsp3) is 0.429.